The molecular weight excluding hydrogens is 242 g/mol. The van der Waals surface area contributed by atoms with E-state index in [0.717, 1.165) is 12.8 Å². The Bertz CT molecular complexity index is 344. The van der Waals surface area contributed by atoms with Gasteiger partial charge in [-0.15, -0.1) is 0 Å². The summed E-state index contributed by atoms with van der Waals surface area (Å²) < 4.78 is 0. The van der Waals surface area contributed by atoms with Crippen LogP contribution in [0.5, 0.6) is 0 Å². The molecule has 1 fully saturated rings. The Hall–Kier alpha value is -1.10. The zero-order chi connectivity index (χ0) is 14.6. The third-order valence-electron chi connectivity index (χ3n) is 3.66. The number of hydrogen-bond acceptors (Lipinski definition) is 3. The molecule has 1 aliphatic rings. The number of carbonyl (C=O) groups excluding carboxylic acids is 2. The monoisotopic (exact) mass is 269 g/mol. The second-order valence-corrected chi connectivity index (χ2v) is 6.22. The largest absolute Gasteiger partial charge is 0.352 e. The summed E-state index contributed by atoms with van der Waals surface area (Å²) in [6.45, 7) is 7.58. The van der Waals surface area contributed by atoms with Crippen LogP contribution in [0.1, 0.15) is 53.4 Å². The fourth-order valence-corrected chi connectivity index (χ4v) is 2.61. The van der Waals surface area contributed by atoms with Gasteiger partial charge >= 0.3 is 0 Å². The molecule has 5 nitrogen and oxygen atoms in total. The van der Waals surface area contributed by atoms with Gasteiger partial charge in [0.2, 0.25) is 11.8 Å². The fraction of sp³-hybridized carbons (Fsp3) is 0.857. The number of rotatable bonds is 4. The van der Waals surface area contributed by atoms with Crippen LogP contribution in [0.3, 0.4) is 0 Å². The lowest BCUT2D eigenvalue weighted by Crippen LogP contribution is -2.59. The van der Waals surface area contributed by atoms with Crippen LogP contribution in [0.2, 0.25) is 0 Å². The quantitative estimate of drug-likeness (QED) is 0.709. The highest BCUT2D eigenvalue weighted by Gasteiger charge is 2.38. The molecule has 0 heterocycles. The highest BCUT2D eigenvalue weighted by molar-refractivity contribution is 5.91. The fourth-order valence-electron chi connectivity index (χ4n) is 2.61. The normalized spacial score (nSPS) is 28.8. The van der Waals surface area contributed by atoms with Crippen LogP contribution in [0.4, 0.5) is 0 Å². The Morgan fingerprint density at radius 3 is 2.42 bits per heavy atom. The van der Waals surface area contributed by atoms with Crippen molar-refractivity contribution < 1.29 is 9.59 Å². The zero-order valence-corrected chi connectivity index (χ0v) is 12.5. The van der Waals surface area contributed by atoms with Gasteiger partial charge in [0, 0.05) is 6.04 Å². The smallest absolute Gasteiger partial charge is 0.242 e. The summed E-state index contributed by atoms with van der Waals surface area (Å²) in [5.41, 5.74) is 5.38. The maximum Gasteiger partial charge on any atom is 0.242 e. The standard InChI is InChI=1S/C14H27N3O2/c1-9(2)16-12(18)11(4)17-13(19)14(15)7-5-6-10(3)8-14/h9-11H,5-8,15H2,1-4H3,(H,16,18)(H,17,19). The summed E-state index contributed by atoms with van der Waals surface area (Å²) in [5.74, 6) is 0.0885. The molecule has 0 spiro atoms. The van der Waals surface area contributed by atoms with Crippen LogP contribution >= 0.6 is 0 Å². The molecule has 0 saturated heterocycles. The Kier molecular flexibility index (Phi) is 5.35. The second kappa shape index (κ2) is 6.37. The number of nitrogens with one attached hydrogen (secondary N) is 2. The molecular formula is C14H27N3O2. The van der Waals surface area contributed by atoms with Crippen molar-refractivity contribution in [2.75, 3.05) is 0 Å². The van der Waals surface area contributed by atoms with E-state index in [0.29, 0.717) is 18.8 Å². The first-order valence-electron chi connectivity index (χ1n) is 7.15. The summed E-state index contributed by atoms with van der Waals surface area (Å²) >= 11 is 0. The SMILES string of the molecule is CC1CCCC(N)(C(=O)NC(C)C(=O)NC(C)C)C1. The van der Waals surface area contributed by atoms with E-state index in [4.69, 9.17) is 5.73 Å². The lowest BCUT2D eigenvalue weighted by molar-refractivity contribution is -0.133. The predicted molar refractivity (Wildman–Crippen MR) is 75.4 cm³/mol. The minimum atomic E-state index is -0.815. The van der Waals surface area contributed by atoms with Gasteiger partial charge in [-0.3, -0.25) is 9.59 Å². The van der Waals surface area contributed by atoms with Gasteiger partial charge in [0.1, 0.15) is 6.04 Å². The maximum atomic E-state index is 12.2. The van der Waals surface area contributed by atoms with Gasteiger partial charge in [-0.05, 0) is 39.5 Å². The molecule has 0 aromatic heterocycles. The van der Waals surface area contributed by atoms with Crippen LogP contribution in [0, 0.1) is 5.92 Å². The van der Waals surface area contributed by atoms with E-state index in [2.05, 4.69) is 17.6 Å². The van der Waals surface area contributed by atoms with Gasteiger partial charge < -0.3 is 16.4 Å². The van der Waals surface area contributed by atoms with Gasteiger partial charge in [-0.2, -0.15) is 0 Å². The molecule has 2 amide bonds. The molecule has 19 heavy (non-hydrogen) atoms. The van der Waals surface area contributed by atoms with Crippen LogP contribution < -0.4 is 16.4 Å². The molecule has 4 N–H and O–H groups in total. The average Bonchev–Trinajstić information content (AvgIpc) is 2.27. The van der Waals surface area contributed by atoms with E-state index in [1.165, 1.54) is 0 Å². The summed E-state index contributed by atoms with van der Waals surface area (Å²) in [7, 11) is 0. The Labute approximate surface area is 115 Å². The average molecular weight is 269 g/mol. The molecule has 3 atom stereocenters. The van der Waals surface area contributed by atoms with E-state index in [9.17, 15) is 9.59 Å². The first-order chi connectivity index (χ1) is 8.74. The summed E-state index contributed by atoms with van der Waals surface area (Å²) in [4.78, 5) is 24.0. The van der Waals surface area contributed by atoms with Crippen LogP contribution in [0.25, 0.3) is 0 Å². The van der Waals surface area contributed by atoms with Crippen molar-refractivity contribution in [1.29, 1.82) is 0 Å². The number of amides is 2. The van der Waals surface area contributed by atoms with Crippen molar-refractivity contribution in [3.8, 4) is 0 Å². The summed E-state index contributed by atoms with van der Waals surface area (Å²) in [5, 5.41) is 5.52. The number of hydrogen-bond donors (Lipinski definition) is 3. The zero-order valence-electron chi connectivity index (χ0n) is 12.5. The number of carbonyl (C=O) groups is 2. The topological polar surface area (TPSA) is 84.2 Å². The van der Waals surface area contributed by atoms with E-state index >= 15 is 0 Å². The van der Waals surface area contributed by atoms with Crippen molar-refractivity contribution in [2.45, 2.75) is 71.0 Å². The van der Waals surface area contributed by atoms with E-state index in [1.807, 2.05) is 13.8 Å². The van der Waals surface area contributed by atoms with Crippen molar-refractivity contribution >= 4 is 11.8 Å². The van der Waals surface area contributed by atoms with Crippen LogP contribution in [0.15, 0.2) is 0 Å². The summed E-state index contributed by atoms with van der Waals surface area (Å²) in [6, 6.07) is -0.485. The highest BCUT2D eigenvalue weighted by atomic mass is 16.2. The van der Waals surface area contributed by atoms with Gasteiger partial charge in [0.25, 0.3) is 0 Å². The third-order valence-corrected chi connectivity index (χ3v) is 3.66. The lowest BCUT2D eigenvalue weighted by Gasteiger charge is -2.36. The molecule has 0 aromatic carbocycles. The highest BCUT2D eigenvalue weighted by Crippen LogP contribution is 2.30. The predicted octanol–water partition coefficient (Wildman–Crippen LogP) is 0.923. The molecule has 0 bridgehead atoms. The van der Waals surface area contributed by atoms with E-state index in [1.54, 1.807) is 6.92 Å². The molecule has 110 valence electrons. The van der Waals surface area contributed by atoms with E-state index < -0.39 is 11.6 Å². The van der Waals surface area contributed by atoms with Crippen LogP contribution in [-0.4, -0.2) is 29.4 Å². The van der Waals surface area contributed by atoms with Gasteiger partial charge in [0.15, 0.2) is 0 Å². The van der Waals surface area contributed by atoms with Crippen molar-refractivity contribution in [3.63, 3.8) is 0 Å². The van der Waals surface area contributed by atoms with Gasteiger partial charge in [-0.25, -0.2) is 0 Å². The number of nitrogens with two attached hydrogens (primary N) is 1. The maximum absolute atomic E-state index is 12.2. The molecule has 0 radical (unpaired) electrons. The molecule has 3 unspecified atom stereocenters. The first-order valence-corrected chi connectivity index (χ1v) is 7.15. The molecule has 1 saturated carbocycles. The lowest BCUT2D eigenvalue weighted by atomic mass is 9.76. The molecule has 5 heteroatoms. The van der Waals surface area contributed by atoms with E-state index in [-0.39, 0.29) is 17.9 Å². The minimum absolute atomic E-state index is 0.0633. The first kappa shape index (κ1) is 16.0. The molecule has 1 rings (SSSR count). The summed E-state index contributed by atoms with van der Waals surface area (Å²) in [6.07, 6.45) is 3.48. The molecule has 0 aliphatic heterocycles. The van der Waals surface area contributed by atoms with Crippen molar-refractivity contribution in [2.24, 2.45) is 11.7 Å². The second-order valence-electron chi connectivity index (χ2n) is 6.22. The Morgan fingerprint density at radius 1 is 1.26 bits per heavy atom. The molecule has 1 aliphatic carbocycles. The van der Waals surface area contributed by atoms with Gasteiger partial charge in [0.05, 0.1) is 5.54 Å². The van der Waals surface area contributed by atoms with Crippen molar-refractivity contribution in [3.05, 3.63) is 0 Å². The van der Waals surface area contributed by atoms with Crippen LogP contribution in [-0.2, 0) is 9.59 Å². The van der Waals surface area contributed by atoms with Crippen molar-refractivity contribution in [1.82, 2.24) is 10.6 Å². The third kappa shape index (κ3) is 4.49. The molecule has 0 aromatic rings. The Morgan fingerprint density at radius 2 is 1.89 bits per heavy atom. The van der Waals surface area contributed by atoms with Gasteiger partial charge in [-0.1, -0.05) is 19.8 Å². The minimum Gasteiger partial charge on any atom is -0.352 e. The Balaban J connectivity index is 2.56.